The van der Waals surface area contributed by atoms with E-state index in [4.69, 9.17) is 4.63 Å². The Labute approximate surface area is 163 Å². The molecule has 2 aromatic rings. The third kappa shape index (κ3) is 4.98. The predicted octanol–water partition coefficient (Wildman–Crippen LogP) is 6.61. The molecule has 0 aliphatic heterocycles. The van der Waals surface area contributed by atoms with Crippen LogP contribution >= 0.6 is 0 Å². The average molecular weight is 491 g/mol. The van der Waals surface area contributed by atoms with E-state index in [2.05, 4.69) is 31.1 Å². The summed E-state index contributed by atoms with van der Waals surface area (Å²) in [7, 11) is 0. The first-order chi connectivity index (χ1) is 12.8. The number of halogens is 3. The summed E-state index contributed by atoms with van der Waals surface area (Å²) in [5, 5.41) is 7.95. The fourth-order valence-corrected chi connectivity index (χ4v) is 21.4. The fourth-order valence-electron chi connectivity index (χ4n) is 4.15. The quantitative estimate of drug-likeness (QED) is 0.352. The number of rotatable bonds is 10. The molecule has 0 aliphatic carbocycles. The molecule has 7 heteroatoms. The van der Waals surface area contributed by atoms with Crippen LogP contribution in [0.2, 0.25) is 13.3 Å². The van der Waals surface area contributed by atoms with Crippen LogP contribution < -0.4 is 3.58 Å². The van der Waals surface area contributed by atoms with E-state index >= 15 is 0 Å². The van der Waals surface area contributed by atoms with Gasteiger partial charge in [0.1, 0.15) is 0 Å². The number of hydrogen-bond donors (Lipinski definition) is 0. The Bertz CT molecular complexity index is 721. The van der Waals surface area contributed by atoms with E-state index in [-0.39, 0.29) is 0 Å². The minimum absolute atomic E-state index is 0.390. The second-order valence-electron chi connectivity index (χ2n) is 7.67. The van der Waals surface area contributed by atoms with Crippen molar-refractivity contribution in [3.05, 3.63) is 17.2 Å². The van der Waals surface area contributed by atoms with Gasteiger partial charge in [0.25, 0.3) is 0 Å². The molecule has 1 heterocycles. The van der Waals surface area contributed by atoms with Crippen molar-refractivity contribution < 1.29 is 17.8 Å². The molecular formula is C20H31F3N2OSn. The van der Waals surface area contributed by atoms with Crippen LogP contribution in [0, 0.1) is 6.92 Å². The zero-order valence-corrected chi connectivity index (χ0v) is 19.7. The number of benzene rings is 1. The van der Waals surface area contributed by atoms with Crippen molar-refractivity contribution in [1.29, 1.82) is 0 Å². The van der Waals surface area contributed by atoms with Gasteiger partial charge in [0, 0.05) is 0 Å². The molecule has 0 N–H and O–H groups in total. The topological polar surface area (TPSA) is 38.9 Å². The molecule has 0 fully saturated rings. The molecule has 152 valence electrons. The van der Waals surface area contributed by atoms with Crippen LogP contribution in [-0.4, -0.2) is 28.7 Å². The maximum atomic E-state index is 14.1. The first kappa shape index (κ1) is 22.5. The predicted molar refractivity (Wildman–Crippen MR) is 106 cm³/mol. The number of aromatic nitrogens is 2. The van der Waals surface area contributed by atoms with Gasteiger partial charge in [0.05, 0.1) is 0 Å². The maximum absolute atomic E-state index is 14.1. The minimum atomic E-state index is -4.37. The van der Waals surface area contributed by atoms with Crippen LogP contribution in [0.25, 0.3) is 11.0 Å². The van der Waals surface area contributed by atoms with E-state index in [1.54, 1.807) is 6.92 Å². The molecule has 0 bridgehead atoms. The molecule has 0 spiro atoms. The van der Waals surface area contributed by atoms with Crippen LogP contribution in [0.15, 0.2) is 10.7 Å². The second kappa shape index (κ2) is 9.61. The molecule has 27 heavy (non-hydrogen) atoms. The summed E-state index contributed by atoms with van der Waals surface area (Å²) in [5.41, 5.74) is 0.913. The molecule has 1 aromatic carbocycles. The normalized spacial score (nSPS) is 12.9. The van der Waals surface area contributed by atoms with E-state index in [1.807, 2.05) is 0 Å². The number of hydrogen-bond acceptors (Lipinski definition) is 3. The number of nitrogens with zero attached hydrogens (tertiary/aromatic N) is 2. The van der Waals surface area contributed by atoms with Crippen molar-refractivity contribution >= 4 is 33.0 Å². The third-order valence-corrected chi connectivity index (χ3v) is 21.3. The van der Waals surface area contributed by atoms with Crippen molar-refractivity contribution in [2.24, 2.45) is 0 Å². The van der Waals surface area contributed by atoms with Crippen LogP contribution in [0.3, 0.4) is 0 Å². The molecular weight excluding hydrogens is 460 g/mol. The van der Waals surface area contributed by atoms with E-state index in [0.717, 1.165) is 51.8 Å². The van der Waals surface area contributed by atoms with Crippen molar-refractivity contribution in [3.63, 3.8) is 0 Å². The van der Waals surface area contributed by atoms with Gasteiger partial charge in [0.15, 0.2) is 0 Å². The summed E-state index contributed by atoms with van der Waals surface area (Å²) in [6.45, 7) is 8.00. The van der Waals surface area contributed by atoms with Gasteiger partial charge in [-0.3, -0.25) is 0 Å². The zero-order valence-electron chi connectivity index (χ0n) is 16.9. The van der Waals surface area contributed by atoms with Crippen LogP contribution in [-0.2, 0) is 6.18 Å². The summed E-state index contributed by atoms with van der Waals surface area (Å²) >= 11 is -3.38. The molecule has 0 amide bonds. The van der Waals surface area contributed by atoms with Gasteiger partial charge in [-0.15, -0.1) is 0 Å². The van der Waals surface area contributed by atoms with Gasteiger partial charge >= 0.3 is 164 Å². The van der Waals surface area contributed by atoms with Crippen LogP contribution in [0.4, 0.5) is 13.2 Å². The monoisotopic (exact) mass is 492 g/mol. The van der Waals surface area contributed by atoms with Crippen molar-refractivity contribution in [2.75, 3.05) is 0 Å². The van der Waals surface area contributed by atoms with Gasteiger partial charge in [0.2, 0.25) is 0 Å². The van der Waals surface area contributed by atoms with E-state index in [1.165, 1.54) is 6.07 Å². The Hall–Kier alpha value is -0.791. The SMILES string of the molecule is CCC[CH2][Sn]([CH2]CCC)([CH2]CCC)[c]1c(C(F)(F)F)cc(C)c2nonc12. The summed E-state index contributed by atoms with van der Waals surface area (Å²) in [4.78, 5) is 0. The van der Waals surface area contributed by atoms with Crippen molar-refractivity contribution in [1.82, 2.24) is 10.3 Å². The molecule has 2 rings (SSSR count). The molecule has 0 unspecified atom stereocenters. The molecule has 3 nitrogen and oxygen atoms in total. The van der Waals surface area contributed by atoms with Crippen LogP contribution in [0.1, 0.15) is 70.4 Å². The van der Waals surface area contributed by atoms with Gasteiger partial charge in [-0.05, 0) is 0 Å². The molecule has 0 radical (unpaired) electrons. The zero-order chi connectivity index (χ0) is 20.1. The third-order valence-electron chi connectivity index (χ3n) is 5.59. The van der Waals surface area contributed by atoms with Crippen molar-refractivity contribution in [3.8, 4) is 0 Å². The Kier molecular flexibility index (Phi) is 8.01. The summed E-state index contributed by atoms with van der Waals surface area (Å²) in [6, 6.07) is 1.29. The Morgan fingerprint density at radius 3 is 1.81 bits per heavy atom. The molecule has 0 atom stereocenters. The number of aryl methyl sites for hydroxylation is 1. The standard InChI is InChI=1S/C8H4F3N2O.3C4H9.Sn/c1-4-2-5(8(9,10)11)3-6-7(4)13-14-12-6;3*1-3-4-2;/h2H,1H3;3*1,3-4H2,2H3;. The molecule has 0 aliphatic rings. The van der Waals surface area contributed by atoms with Crippen molar-refractivity contribution in [2.45, 2.75) is 85.7 Å². The molecule has 0 saturated carbocycles. The Morgan fingerprint density at radius 1 is 0.889 bits per heavy atom. The summed E-state index contributed by atoms with van der Waals surface area (Å²) in [5.74, 6) is 0. The Balaban J connectivity index is 2.80. The van der Waals surface area contributed by atoms with E-state index in [0.29, 0.717) is 20.2 Å². The average Bonchev–Trinajstić information content (AvgIpc) is 3.11. The van der Waals surface area contributed by atoms with Crippen LogP contribution in [0.5, 0.6) is 0 Å². The number of alkyl halides is 3. The summed E-state index contributed by atoms with van der Waals surface area (Å²) < 4.78 is 50.6. The van der Waals surface area contributed by atoms with Gasteiger partial charge in [-0.1, -0.05) is 0 Å². The summed E-state index contributed by atoms with van der Waals surface area (Å²) in [6.07, 6.45) is 1.60. The fraction of sp³-hybridized carbons (Fsp3) is 0.700. The first-order valence-corrected chi connectivity index (χ1v) is 17.6. The number of unbranched alkanes of at least 4 members (excludes halogenated alkanes) is 3. The molecule has 1 aromatic heterocycles. The van der Waals surface area contributed by atoms with Gasteiger partial charge < -0.3 is 0 Å². The van der Waals surface area contributed by atoms with Gasteiger partial charge in [-0.2, -0.15) is 0 Å². The van der Waals surface area contributed by atoms with Gasteiger partial charge in [-0.25, -0.2) is 0 Å². The van der Waals surface area contributed by atoms with E-state index < -0.39 is 30.1 Å². The Morgan fingerprint density at radius 2 is 1.37 bits per heavy atom. The number of fused-ring (bicyclic) bond motifs is 1. The second-order valence-corrected chi connectivity index (χ2v) is 20.7. The first-order valence-electron chi connectivity index (χ1n) is 10.1. The molecule has 0 saturated heterocycles. The van der Waals surface area contributed by atoms with E-state index in [9.17, 15) is 13.2 Å².